The van der Waals surface area contributed by atoms with Gasteiger partial charge in [-0.2, -0.15) is 8.78 Å². The maximum atomic E-state index is 15.2. The first-order valence-electron chi connectivity index (χ1n) is 13.4. The van der Waals surface area contributed by atoms with Crippen molar-refractivity contribution in [2.24, 2.45) is 0 Å². The van der Waals surface area contributed by atoms with Gasteiger partial charge in [-0.05, 0) is 83.9 Å². The SMILES string of the molecule is CCCCCc1cc2ccc(C3CCc4cc(C(F)(F)Oc5cc(F)c(F)c(F)c5)ccc4C3)c(Cl)c2c(F)c1F. The molecule has 0 saturated heterocycles. The molecule has 1 aliphatic rings. The first-order valence-corrected chi connectivity index (χ1v) is 13.8. The molecular formula is C32H26ClF7O. The van der Waals surface area contributed by atoms with Gasteiger partial charge in [0, 0.05) is 17.5 Å². The van der Waals surface area contributed by atoms with Crippen LogP contribution in [0.15, 0.2) is 48.5 Å². The lowest BCUT2D eigenvalue weighted by molar-refractivity contribution is -0.185. The molecular weight excluding hydrogens is 569 g/mol. The highest BCUT2D eigenvalue weighted by Crippen LogP contribution is 2.42. The number of benzene rings is 4. The van der Waals surface area contributed by atoms with Gasteiger partial charge in [-0.1, -0.05) is 49.6 Å². The topological polar surface area (TPSA) is 9.23 Å². The molecule has 1 atom stereocenters. The average Bonchev–Trinajstić information content (AvgIpc) is 2.93. The summed E-state index contributed by atoms with van der Waals surface area (Å²) in [4.78, 5) is 0. The number of halogens is 8. The second-order valence-corrected chi connectivity index (χ2v) is 10.8. The van der Waals surface area contributed by atoms with Crippen LogP contribution < -0.4 is 4.74 Å². The number of alkyl halides is 2. The van der Waals surface area contributed by atoms with Crippen molar-refractivity contribution in [2.45, 2.75) is 63.9 Å². The Morgan fingerprint density at radius 3 is 2.29 bits per heavy atom. The highest BCUT2D eigenvalue weighted by atomic mass is 35.5. The maximum absolute atomic E-state index is 15.2. The van der Waals surface area contributed by atoms with E-state index in [0.717, 1.165) is 30.9 Å². The van der Waals surface area contributed by atoms with Gasteiger partial charge >= 0.3 is 6.11 Å². The third kappa shape index (κ3) is 5.76. The molecule has 0 radical (unpaired) electrons. The summed E-state index contributed by atoms with van der Waals surface area (Å²) in [5.41, 5.74) is 1.85. The Hall–Kier alpha value is -3.26. The first kappa shape index (κ1) is 29.2. The Morgan fingerprint density at radius 1 is 0.854 bits per heavy atom. The molecule has 0 aliphatic heterocycles. The van der Waals surface area contributed by atoms with Gasteiger partial charge in [-0.25, -0.2) is 22.0 Å². The number of aryl methyl sites for hydroxylation is 2. The summed E-state index contributed by atoms with van der Waals surface area (Å²) in [6.07, 6.45) is 0.481. The number of fused-ring (bicyclic) bond motifs is 2. The van der Waals surface area contributed by atoms with Crippen LogP contribution in [0.1, 0.15) is 66.3 Å². The molecule has 5 rings (SSSR count). The van der Waals surface area contributed by atoms with Crippen LogP contribution >= 0.6 is 11.6 Å². The van der Waals surface area contributed by atoms with E-state index in [1.165, 1.54) is 12.1 Å². The molecule has 1 aliphatic carbocycles. The summed E-state index contributed by atoms with van der Waals surface area (Å²) in [7, 11) is 0. The third-order valence-corrected chi connectivity index (χ3v) is 8.10. The number of ether oxygens (including phenoxy) is 1. The van der Waals surface area contributed by atoms with E-state index in [0.29, 0.717) is 59.9 Å². The summed E-state index contributed by atoms with van der Waals surface area (Å²) in [6, 6.07) is 9.82. The van der Waals surface area contributed by atoms with E-state index in [4.69, 9.17) is 11.6 Å². The predicted molar refractivity (Wildman–Crippen MR) is 144 cm³/mol. The zero-order valence-corrected chi connectivity index (χ0v) is 22.8. The molecule has 0 spiro atoms. The molecule has 4 aromatic carbocycles. The molecule has 0 N–H and O–H groups in total. The molecule has 0 heterocycles. The van der Waals surface area contributed by atoms with Crippen molar-refractivity contribution in [1.29, 1.82) is 0 Å². The average molecular weight is 595 g/mol. The van der Waals surface area contributed by atoms with Gasteiger partial charge in [0.2, 0.25) is 0 Å². The van der Waals surface area contributed by atoms with Crippen LogP contribution in [-0.2, 0) is 25.4 Å². The molecule has 0 fully saturated rings. The van der Waals surface area contributed by atoms with Gasteiger partial charge in [0.1, 0.15) is 5.75 Å². The van der Waals surface area contributed by atoms with Crippen LogP contribution in [-0.4, -0.2) is 0 Å². The minimum Gasteiger partial charge on any atom is -0.429 e. The summed E-state index contributed by atoms with van der Waals surface area (Å²) < 4.78 is 104. The fourth-order valence-corrected chi connectivity index (χ4v) is 5.92. The monoisotopic (exact) mass is 594 g/mol. The van der Waals surface area contributed by atoms with E-state index in [1.54, 1.807) is 12.1 Å². The van der Waals surface area contributed by atoms with Crippen molar-refractivity contribution < 1.29 is 35.5 Å². The highest BCUT2D eigenvalue weighted by Gasteiger charge is 2.36. The van der Waals surface area contributed by atoms with E-state index in [9.17, 15) is 26.3 Å². The zero-order chi connectivity index (χ0) is 29.5. The van der Waals surface area contributed by atoms with Crippen molar-refractivity contribution in [2.75, 3.05) is 0 Å². The molecule has 216 valence electrons. The van der Waals surface area contributed by atoms with Crippen LogP contribution in [0.5, 0.6) is 5.75 Å². The summed E-state index contributed by atoms with van der Waals surface area (Å²) in [5, 5.41) is 0.698. The van der Waals surface area contributed by atoms with E-state index in [2.05, 4.69) is 4.74 Å². The molecule has 41 heavy (non-hydrogen) atoms. The number of unbranched alkanes of at least 4 members (excludes halogenated alkanes) is 2. The predicted octanol–water partition coefficient (Wildman–Crippen LogP) is 10.3. The Kier molecular flexibility index (Phi) is 8.24. The lowest BCUT2D eigenvalue weighted by Gasteiger charge is -2.27. The largest absolute Gasteiger partial charge is 0.429 e. The second-order valence-electron chi connectivity index (χ2n) is 10.4. The Labute approximate surface area is 237 Å². The van der Waals surface area contributed by atoms with Crippen molar-refractivity contribution >= 4 is 22.4 Å². The molecule has 4 aromatic rings. The van der Waals surface area contributed by atoms with E-state index < -0.39 is 46.5 Å². The lowest BCUT2D eigenvalue weighted by atomic mass is 9.79. The van der Waals surface area contributed by atoms with Gasteiger partial charge in [0.25, 0.3) is 0 Å². The van der Waals surface area contributed by atoms with Gasteiger partial charge in [-0.15, -0.1) is 0 Å². The van der Waals surface area contributed by atoms with Gasteiger partial charge in [-0.3, -0.25) is 0 Å². The lowest BCUT2D eigenvalue weighted by Crippen LogP contribution is -2.23. The molecule has 0 saturated carbocycles. The minimum atomic E-state index is -3.94. The first-order chi connectivity index (χ1) is 19.5. The van der Waals surface area contributed by atoms with Crippen molar-refractivity contribution in [3.05, 3.63) is 110 Å². The third-order valence-electron chi connectivity index (χ3n) is 7.69. The fraction of sp³-hybridized carbons (Fsp3) is 0.312. The summed E-state index contributed by atoms with van der Waals surface area (Å²) in [6.45, 7) is 2.04. The normalized spacial score (nSPS) is 15.3. The molecule has 0 bridgehead atoms. The van der Waals surface area contributed by atoms with Crippen LogP contribution in [0.4, 0.5) is 30.7 Å². The van der Waals surface area contributed by atoms with Crippen LogP contribution in [0, 0.1) is 29.1 Å². The zero-order valence-electron chi connectivity index (χ0n) is 22.1. The Morgan fingerprint density at radius 2 is 1.59 bits per heavy atom. The maximum Gasteiger partial charge on any atom is 0.426 e. The standard InChI is InChI=1S/C32H26ClF7O/c1-2-3-4-5-21-13-20-9-11-24(28(33)27(20)31(38)29(21)36)19-7-6-18-14-22(10-8-17(18)12-19)32(39,40)41-23-15-25(34)30(37)26(35)16-23/h8-11,13-16,19H,2-7,12H2,1H3. The quantitative estimate of drug-likeness (QED) is 0.112. The molecule has 1 unspecified atom stereocenters. The van der Waals surface area contributed by atoms with E-state index in [-0.39, 0.29) is 16.3 Å². The van der Waals surface area contributed by atoms with Gasteiger partial charge in [0.15, 0.2) is 29.1 Å². The second kappa shape index (κ2) is 11.6. The van der Waals surface area contributed by atoms with Crippen molar-refractivity contribution in [3.8, 4) is 5.75 Å². The van der Waals surface area contributed by atoms with Crippen molar-refractivity contribution in [1.82, 2.24) is 0 Å². The smallest absolute Gasteiger partial charge is 0.426 e. The van der Waals surface area contributed by atoms with Gasteiger partial charge in [0.05, 0.1) is 10.6 Å². The van der Waals surface area contributed by atoms with Crippen LogP contribution in [0.25, 0.3) is 10.8 Å². The Balaban J connectivity index is 1.38. The molecule has 9 heteroatoms. The minimum absolute atomic E-state index is 0.0347. The number of hydrogen-bond acceptors (Lipinski definition) is 1. The highest BCUT2D eigenvalue weighted by molar-refractivity contribution is 6.36. The molecule has 1 nitrogen and oxygen atoms in total. The van der Waals surface area contributed by atoms with Gasteiger partial charge < -0.3 is 4.74 Å². The summed E-state index contributed by atoms with van der Waals surface area (Å²) >= 11 is 6.65. The molecule has 0 aromatic heterocycles. The summed E-state index contributed by atoms with van der Waals surface area (Å²) in [5.74, 6) is -7.93. The van der Waals surface area contributed by atoms with E-state index >= 15 is 4.39 Å². The molecule has 0 amide bonds. The van der Waals surface area contributed by atoms with Crippen LogP contribution in [0.2, 0.25) is 5.02 Å². The van der Waals surface area contributed by atoms with E-state index in [1.807, 2.05) is 13.0 Å². The fourth-order valence-electron chi connectivity index (χ4n) is 5.51. The van der Waals surface area contributed by atoms with Crippen molar-refractivity contribution in [3.63, 3.8) is 0 Å². The van der Waals surface area contributed by atoms with Crippen LogP contribution in [0.3, 0.4) is 0 Å². The number of hydrogen-bond donors (Lipinski definition) is 0. The number of rotatable bonds is 8. The Bertz CT molecular complexity index is 1600.